The number of nitro groups is 1. The highest BCUT2D eigenvalue weighted by Crippen LogP contribution is 2.30. The van der Waals surface area contributed by atoms with Crippen LogP contribution in [0, 0.1) is 17.0 Å². The fourth-order valence-corrected chi connectivity index (χ4v) is 1.94. The number of nitrogens with one attached hydrogen (secondary N) is 1. The van der Waals surface area contributed by atoms with Crippen LogP contribution in [-0.2, 0) is 6.61 Å². The molecule has 2 rings (SSSR count). The average Bonchev–Trinajstić information content (AvgIpc) is 2.43. The van der Waals surface area contributed by atoms with Gasteiger partial charge in [-0.05, 0) is 40.5 Å². The third-order valence-electron chi connectivity index (χ3n) is 2.73. The molecular weight excluding hydrogens is 326 g/mol. The van der Waals surface area contributed by atoms with Crippen LogP contribution in [0.3, 0.4) is 0 Å². The zero-order valence-electron chi connectivity index (χ0n) is 10.6. The first-order valence-corrected chi connectivity index (χ1v) is 6.59. The fraction of sp³-hybridized carbons (Fsp3) is 0.154. The maximum absolute atomic E-state index is 11.0. The topological polar surface area (TPSA) is 88.3 Å². The van der Waals surface area contributed by atoms with Gasteiger partial charge in [0, 0.05) is 16.2 Å². The summed E-state index contributed by atoms with van der Waals surface area (Å²) in [5, 5.41) is 22.9. The molecule has 6 nitrogen and oxygen atoms in total. The second kappa shape index (κ2) is 5.98. The molecule has 0 amide bonds. The number of aliphatic hydroxyl groups excluding tert-OH is 1. The lowest BCUT2D eigenvalue weighted by molar-refractivity contribution is -0.384. The van der Waals surface area contributed by atoms with Crippen molar-refractivity contribution >= 4 is 33.1 Å². The van der Waals surface area contributed by atoms with Crippen molar-refractivity contribution < 1.29 is 10.0 Å². The molecule has 7 heteroatoms. The number of hydrogen-bond donors (Lipinski definition) is 2. The molecule has 2 aromatic rings. The molecule has 0 aliphatic carbocycles. The number of aliphatic hydroxyl groups is 1. The summed E-state index contributed by atoms with van der Waals surface area (Å²) in [5.41, 5.74) is 1.99. The molecule has 0 atom stereocenters. The molecule has 0 bridgehead atoms. The van der Waals surface area contributed by atoms with Gasteiger partial charge in [0.05, 0.1) is 17.2 Å². The van der Waals surface area contributed by atoms with E-state index in [0.29, 0.717) is 15.9 Å². The molecule has 0 radical (unpaired) electrons. The quantitative estimate of drug-likeness (QED) is 0.660. The number of aromatic nitrogens is 1. The van der Waals surface area contributed by atoms with Crippen LogP contribution in [-0.4, -0.2) is 15.0 Å². The van der Waals surface area contributed by atoms with Gasteiger partial charge in [0.1, 0.15) is 0 Å². The van der Waals surface area contributed by atoms with Gasteiger partial charge in [-0.2, -0.15) is 0 Å². The highest BCUT2D eigenvalue weighted by molar-refractivity contribution is 9.10. The third-order valence-corrected chi connectivity index (χ3v) is 3.53. The molecule has 1 aromatic heterocycles. The summed E-state index contributed by atoms with van der Waals surface area (Å²) < 4.78 is 0.588. The Labute approximate surface area is 123 Å². The number of benzene rings is 1. The lowest BCUT2D eigenvalue weighted by atomic mass is 10.2. The summed E-state index contributed by atoms with van der Waals surface area (Å²) in [6.07, 6.45) is 0. The van der Waals surface area contributed by atoms with E-state index in [-0.39, 0.29) is 18.1 Å². The Balaban J connectivity index is 2.36. The van der Waals surface area contributed by atoms with Crippen molar-refractivity contribution in [2.45, 2.75) is 13.5 Å². The number of halogens is 1. The van der Waals surface area contributed by atoms with Crippen LogP contribution >= 0.6 is 15.9 Å². The van der Waals surface area contributed by atoms with Crippen LogP contribution in [0.25, 0.3) is 0 Å². The summed E-state index contributed by atoms with van der Waals surface area (Å²) in [5.74, 6) is 0.187. The van der Waals surface area contributed by atoms with E-state index < -0.39 is 4.92 Å². The van der Waals surface area contributed by atoms with Gasteiger partial charge >= 0.3 is 5.69 Å². The molecule has 0 saturated heterocycles. The van der Waals surface area contributed by atoms with E-state index in [2.05, 4.69) is 26.2 Å². The van der Waals surface area contributed by atoms with Crippen molar-refractivity contribution in [1.82, 2.24) is 4.98 Å². The minimum atomic E-state index is -0.484. The summed E-state index contributed by atoms with van der Waals surface area (Å²) in [4.78, 5) is 14.7. The molecule has 1 heterocycles. The Morgan fingerprint density at radius 1 is 1.40 bits per heavy atom. The molecule has 2 N–H and O–H groups in total. The smallest absolute Gasteiger partial charge is 0.312 e. The SMILES string of the molecule is Cc1nc(Nc2ccc(CO)cc2)c([N+](=O)[O-])cc1Br. The van der Waals surface area contributed by atoms with E-state index in [9.17, 15) is 10.1 Å². The van der Waals surface area contributed by atoms with Gasteiger partial charge in [0.25, 0.3) is 0 Å². The molecule has 0 aliphatic heterocycles. The lowest BCUT2D eigenvalue weighted by Gasteiger charge is -2.08. The largest absolute Gasteiger partial charge is 0.392 e. The fourth-order valence-electron chi connectivity index (χ4n) is 1.63. The predicted octanol–water partition coefficient (Wildman–Crippen LogP) is 3.30. The van der Waals surface area contributed by atoms with Crippen LogP contribution < -0.4 is 5.32 Å². The summed E-state index contributed by atoms with van der Waals surface area (Å²) in [6.45, 7) is 1.71. The van der Waals surface area contributed by atoms with Crippen LogP contribution in [0.2, 0.25) is 0 Å². The molecule has 0 unspecified atom stereocenters. The average molecular weight is 338 g/mol. The van der Waals surface area contributed by atoms with Crippen molar-refractivity contribution in [2.24, 2.45) is 0 Å². The van der Waals surface area contributed by atoms with Gasteiger partial charge in [-0.1, -0.05) is 12.1 Å². The monoisotopic (exact) mass is 337 g/mol. The molecular formula is C13H12BrN3O3. The number of pyridine rings is 1. The minimum Gasteiger partial charge on any atom is -0.392 e. The molecule has 20 heavy (non-hydrogen) atoms. The second-order valence-corrected chi connectivity index (χ2v) is 5.01. The molecule has 0 saturated carbocycles. The minimum absolute atomic E-state index is 0.0456. The van der Waals surface area contributed by atoms with Crippen LogP contribution in [0.4, 0.5) is 17.2 Å². The molecule has 0 aliphatic rings. The first-order valence-electron chi connectivity index (χ1n) is 5.79. The normalized spacial score (nSPS) is 10.3. The highest BCUT2D eigenvalue weighted by Gasteiger charge is 2.17. The number of rotatable bonds is 4. The first-order chi connectivity index (χ1) is 9.51. The Morgan fingerprint density at radius 3 is 2.60 bits per heavy atom. The van der Waals surface area contributed by atoms with E-state index >= 15 is 0 Å². The van der Waals surface area contributed by atoms with E-state index in [1.807, 2.05) is 0 Å². The Hall–Kier alpha value is -1.99. The van der Waals surface area contributed by atoms with Crippen molar-refractivity contribution in [3.63, 3.8) is 0 Å². The standard InChI is InChI=1S/C13H12BrN3O3/c1-8-11(14)6-12(17(19)20)13(15-8)16-10-4-2-9(7-18)3-5-10/h2-6,18H,7H2,1H3,(H,15,16). The van der Waals surface area contributed by atoms with Crippen molar-refractivity contribution in [1.29, 1.82) is 0 Å². The predicted molar refractivity (Wildman–Crippen MR) is 79.0 cm³/mol. The van der Waals surface area contributed by atoms with Gasteiger partial charge in [-0.25, -0.2) is 4.98 Å². The molecule has 0 fully saturated rings. The second-order valence-electron chi connectivity index (χ2n) is 4.16. The van der Waals surface area contributed by atoms with E-state index in [1.54, 1.807) is 31.2 Å². The Morgan fingerprint density at radius 2 is 2.05 bits per heavy atom. The maximum Gasteiger partial charge on any atom is 0.312 e. The first kappa shape index (κ1) is 14.4. The van der Waals surface area contributed by atoms with Gasteiger partial charge in [-0.15, -0.1) is 0 Å². The number of aryl methyl sites for hydroxylation is 1. The molecule has 1 aromatic carbocycles. The van der Waals surface area contributed by atoms with E-state index in [4.69, 9.17) is 5.11 Å². The van der Waals surface area contributed by atoms with E-state index in [1.165, 1.54) is 6.07 Å². The van der Waals surface area contributed by atoms with E-state index in [0.717, 1.165) is 5.56 Å². The Bertz CT molecular complexity index is 644. The highest BCUT2D eigenvalue weighted by atomic mass is 79.9. The van der Waals surface area contributed by atoms with Crippen molar-refractivity contribution in [2.75, 3.05) is 5.32 Å². The summed E-state index contributed by atoms with van der Waals surface area (Å²) in [7, 11) is 0. The van der Waals surface area contributed by atoms with Gasteiger partial charge in [0.2, 0.25) is 5.82 Å². The van der Waals surface area contributed by atoms with Crippen molar-refractivity contribution in [3.05, 3.63) is 56.2 Å². The number of hydrogen-bond acceptors (Lipinski definition) is 5. The molecule has 0 spiro atoms. The lowest BCUT2D eigenvalue weighted by Crippen LogP contribution is -2.01. The van der Waals surface area contributed by atoms with Gasteiger partial charge in [0.15, 0.2) is 0 Å². The van der Waals surface area contributed by atoms with Crippen LogP contribution in [0.5, 0.6) is 0 Å². The third kappa shape index (κ3) is 3.12. The van der Waals surface area contributed by atoms with Crippen LogP contribution in [0.15, 0.2) is 34.8 Å². The number of nitrogens with zero attached hydrogens (tertiary/aromatic N) is 2. The van der Waals surface area contributed by atoms with Gasteiger partial charge in [-0.3, -0.25) is 10.1 Å². The van der Waals surface area contributed by atoms with Crippen molar-refractivity contribution in [3.8, 4) is 0 Å². The number of anilines is 2. The maximum atomic E-state index is 11.0. The summed E-state index contributed by atoms with van der Waals surface area (Å²) >= 11 is 3.23. The summed E-state index contributed by atoms with van der Waals surface area (Å²) in [6, 6.07) is 8.36. The van der Waals surface area contributed by atoms with Gasteiger partial charge < -0.3 is 10.4 Å². The zero-order chi connectivity index (χ0) is 14.7. The molecule has 104 valence electrons. The Kier molecular flexibility index (Phi) is 4.31. The van der Waals surface area contributed by atoms with Crippen LogP contribution in [0.1, 0.15) is 11.3 Å². The zero-order valence-corrected chi connectivity index (χ0v) is 12.2.